The molecule has 2 atom stereocenters. The molecule has 6 nitrogen and oxygen atoms in total. The predicted octanol–water partition coefficient (Wildman–Crippen LogP) is 3.55. The van der Waals surface area contributed by atoms with Crippen LogP contribution in [-0.4, -0.2) is 31.5 Å². The van der Waals surface area contributed by atoms with E-state index in [1.165, 1.54) is 6.33 Å². The Labute approximate surface area is 141 Å². The average molecular weight is 353 g/mol. The van der Waals surface area contributed by atoms with Crippen molar-refractivity contribution in [3.8, 4) is 11.6 Å². The SMILES string of the molecule is FC(F)(F)C12CC3CC(CC(Cc4nc(-c5ncn[nH]5)no4)(C3)C1)C2. The quantitative estimate of drug-likeness (QED) is 0.913. The summed E-state index contributed by atoms with van der Waals surface area (Å²) in [5.41, 5.74) is -1.88. The first kappa shape index (κ1) is 15.3. The molecular formula is C16H18F3N5O. The van der Waals surface area contributed by atoms with Gasteiger partial charge in [-0.15, -0.1) is 0 Å². The number of halogens is 3. The van der Waals surface area contributed by atoms with Gasteiger partial charge in [0.15, 0.2) is 5.82 Å². The summed E-state index contributed by atoms with van der Waals surface area (Å²) >= 11 is 0. The summed E-state index contributed by atoms with van der Waals surface area (Å²) in [5, 5.41) is 10.3. The first-order valence-corrected chi connectivity index (χ1v) is 8.62. The van der Waals surface area contributed by atoms with Gasteiger partial charge in [0.25, 0.3) is 0 Å². The zero-order chi connectivity index (χ0) is 17.3. The summed E-state index contributed by atoms with van der Waals surface area (Å²) in [7, 11) is 0. The van der Waals surface area contributed by atoms with E-state index in [4.69, 9.17) is 4.52 Å². The fraction of sp³-hybridized carbons (Fsp3) is 0.750. The van der Waals surface area contributed by atoms with Crippen molar-refractivity contribution in [2.24, 2.45) is 22.7 Å². The van der Waals surface area contributed by atoms with Gasteiger partial charge < -0.3 is 4.52 Å². The smallest absolute Gasteiger partial charge is 0.339 e. The van der Waals surface area contributed by atoms with Gasteiger partial charge in [0.2, 0.25) is 11.7 Å². The van der Waals surface area contributed by atoms with Crippen LogP contribution < -0.4 is 0 Å². The molecule has 0 saturated heterocycles. The van der Waals surface area contributed by atoms with Crippen LogP contribution in [0.5, 0.6) is 0 Å². The molecule has 0 aromatic carbocycles. The number of H-pyrrole nitrogens is 1. The van der Waals surface area contributed by atoms with Crippen molar-refractivity contribution in [3.05, 3.63) is 12.2 Å². The van der Waals surface area contributed by atoms with Crippen LogP contribution in [0.4, 0.5) is 13.2 Å². The van der Waals surface area contributed by atoms with Crippen LogP contribution in [0.15, 0.2) is 10.9 Å². The van der Waals surface area contributed by atoms with Crippen molar-refractivity contribution in [2.75, 3.05) is 0 Å². The molecule has 2 heterocycles. The van der Waals surface area contributed by atoms with Crippen LogP contribution in [0.2, 0.25) is 0 Å². The van der Waals surface area contributed by atoms with Gasteiger partial charge in [-0.2, -0.15) is 23.3 Å². The Morgan fingerprint density at radius 1 is 1.20 bits per heavy atom. The molecule has 25 heavy (non-hydrogen) atoms. The van der Waals surface area contributed by atoms with Crippen LogP contribution >= 0.6 is 0 Å². The van der Waals surface area contributed by atoms with Crippen molar-refractivity contribution >= 4 is 0 Å². The predicted molar refractivity (Wildman–Crippen MR) is 79.0 cm³/mol. The van der Waals surface area contributed by atoms with Crippen molar-refractivity contribution in [1.29, 1.82) is 0 Å². The van der Waals surface area contributed by atoms with E-state index >= 15 is 0 Å². The van der Waals surface area contributed by atoms with E-state index in [0.29, 0.717) is 36.8 Å². The number of nitrogens with one attached hydrogen (secondary N) is 1. The van der Waals surface area contributed by atoms with E-state index in [-0.39, 0.29) is 23.7 Å². The van der Waals surface area contributed by atoms with Crippen LogP contribution in [0, 0.1) is 22.7 Å². The van der Waals surface area contributed by atoms with E-state index in [9.17, 15) is 13.2 Å². The number of alkyl halides is 3. The zero-order valence-electron chi connectivity index (χ0n) is 13.5. The largest absolute Gasteiger partial charge is 0.394 e. The molecule has 0 spiro atoms. The number of aromatic nitrogens is 5. The lowest BCUT2D eigenvalue weighted by Gasteiger charge is -2.62. The molecule has 4 aliphatic rings. The molecule has 2 unspecified atom stereocenters. The number of hydrogen-bond donors (Lipinski definition) is 1. The highest BCUT2D eigenvalue weighted by atomic mass is 19.4. The van der Waals surface area contributed by atoms with E-state index in [2.05, 4.69) is 25.3 Å². The molecule has 4 aliphatic carbocycles. The normalized spacial score (nSPS) is 36.9. The maximum Gasteiger partial charge on any atom is 0.394 e. The van der Waals surface area contributed by atoms with Gasteiger partial charge in [0.1, 0.15) is 6.33 Å². The second kappa shape index (κ2) is 4.82. The zero-order valence-corrected chi connectivity index (χ0v) is 13.5. The van der Waals surface area contributed by atoms with E-state index in [1.807, 2.05) is 0 Å². The third-order valence-electron chi connectivity index (χ3n) is 6.40. The van der Waals surface area contributed by atoms with Gasteiger partial charge in [0, 0.05) is 6.42 Å². The molecule has 2 aromatic rings. The monoisotopic (exact) mass is 353 g/mol. The Balaban J connectivity index is 1.44. The highest BCUT2D eigenvalue weighted by molar-refractivity contribution is 5.39. The lowest BCUT2D eigenvalue weighted by Crippen LogP contribution is -2.58. The molecule has 9 heteroatoms. The highest BCUT2D eigenvalue weighted by Gasteiger charge is 2.67. The second-order valence-electron chi connectivity index (χ2n) is 8.26. The summed E-state index contributed by atoms with van der Waals surface area (Å²) in [6.07, 6.45) is 1.02. The minimum absolute atomic E-state index is 0.166. The molecule has 0 amide bonds. The molecule has 4 fully saturated rings. The van der Waals surface area contributed by atoms with Gasteiger partial charge in [0.05, 0.1) is 5.41 Å². The lowest BCUT2D eigenvalue weighted by molar-refractivity contribution is -0.287. The number of aromatic amines is 1. The summed E-state index contributed by atoms with van der Waals surface area (Å²) in [5.74, 6) is 1.42. The maximum atomic E-state index is 13.8. The first-order valence-electron chi connectivity index (χ1n) is 8.62. The Morgan fingerprint density at radius 2 is 1.96 bits per heavy atom. The van der Waals surface area contributed by atoms with E-state index in [1.54, 1.807) is 0 Å². The summed E-state index contributed by atoms with van der Waals surface area (Å²) in [6.45, 7) is 0. The molecule has 2 aromatic heterocycles. The Bertz CT molecular complexity index is 770. The van der Waals surface area contributed by atoms with Crippen molar-refractivity contribution in [1.82, 2.24) is 25.3 Å². The van der Waals surface area contributed by atoms with Crippen LogP contribution in [0.3, 0.4) is 0 Å². The molecule has 134 valence electrons. The Hall–Kier alpha value is -1.93. The number of rotatable bonds is 3. The number of hydrogen-bond acceptors (Lipinski definition) is 5. The minimum atomic E-state index is -4.13. The maximum absolute atomic E-state index is 13.8. The van der Waals surface area contributed by atoms with Gasteiger partial charge >= 0.3 is 6.18 Å². The molecule has 0 radical (unpaired) electrons. The standard InChI is InChI=1S/C16H18F3N5O/c17-16(18,19)15-4-9-1-10(5-15)3-14(2-9,7-15)6-11-22-13(24-25-11)12-20-8-21-23-12/h8-10H,1-7H2,(H,20,21,23). The van der Waals surface area contributed by atoms with Crippen LogP contribution in [0.1, 0.15) is 44.4 Å². The van der Waals surface area contributed by atoms with Crippen LogP contribution in [0.25, 0.3) is 11.6 Å². The fourth-order valence-corrected chi connectivity index (χ4v) is 6.05. The molecule has 6 rings (SSSR count). The van der Waals surface area contributed by atoms with Gasteiger partial charge in [-0.25, -0.2) is 4.98 Å². The minimum Gasteiger partial charge on any atom is -0.339 e. The summed E-state index contributed by atoms with van der Waals surface area (Å²) in [6, 6.07) is 0. The molecular weight excluding hydrogens is 335 g/mol. The average Bonchev–Trinajstić information content (AvgIpc) is 3.14. The van der Waals surface area contributed by atoms with E-state index in [0.717, 1.165) is 19.3 Å². The molecule has 4 saturated carbocycles. The second-order valence-corrected chi connectivity index (χ2v) is 8.26. The summed E-state index contributed by atoms with van der Waals surface area (Å²) in [4.78, 5) is 8.29. The van der Waals surface area contributed by atoms with Gasteiger partial charge in [-0.1, -0.05) is 5.16 Å². The number of nitrogens with zero attached hydrogens (tertiary/aromatic N) is 4. The van der Waals surface area contributed by atoms with Crippen molar-refractivity contribution in [2.45, 2.75) is 51.1 Å². The Kier molecular flexibility index (Phi) is 2.96. The van der Waals surface area contributed by atoms with Gasteiger partial charge in [-0.05, 0) is 55.8 Å². The Morgan fingerprint density at radius 3 is 2.60 bits per heavy atom. The highest BCUT2D eigenvalue weighted by Crippen LogP contribution is 2.70. The third kappa shape index (κ3) is 2.31. The van der Waals surface area contributed by atoms with Crippen molar-refractivity contribution < 1.29 is 17.7 Å². The molecule has 0 aliphatic heterocycles. The third-order valence-corrected chi connectivity index (χ3v) is 6.40. The van der Waals surface area contributed by atoms with Gasteiger partial charge in [-0.3, -0.25) is 5.10 Å². The summed E-state index contributed by atoms with van der Waals surface area (Å²) < 4.78 is 46.8. The fourth-order valence-electron chi connectivity index (χ4n) is 6.05. The molecule has 1 N–H and O–H groups in total. The first-order chi connectivity index (χ1) is 11.9. The lowest BCUT2D eigenvalue weighted by atomic mass is 9.43. The van der Waals surface area contributed by atoms with Crippen LogP contribution in [-0.2, 0) is 6.42 Å². The van der Waals surface area contributed by atoms with E-state index < -0.39 is 11.6 Å². The molecule has 4 bridgehead atoms. The topological polar surface area (TPSA) is 80.5 Å². The van der Waals surface area contributed by atoms with Crippen molar-refractivity contribution in [3.63, 3.8) is 0 Å².